The Balaban J connectivity index is 1.76. The van der Waals surface area contributed by atoms with Crippen molar-refractivity contribution in [2.24, 2.45) is 0 Å². The minimum Gasteiger partial charge on any atom is -0.491 e. The summed E-state index contributed by atoms with van der Waals surface area (Å²) >= 11 is 2.02. The van der Waals surface area contributed by atoms with Crippen LogP contribution in [-0.2, 0) is 6.54 Å². The number of hydrogen-bond donors (Lipinski definition) is 1. The summed E-state index contributed by atoms with van der Waals surface area (Å²) < 4.78 is 6.16. The quantitative estimate of drug-likeness (QED) is 0.819. The molecule has 1 saturated carbocycles. The van der Waals surface area contributed by atoms with Gasteiger partial charge in [0.25, 0.3) is 0 Å². The predicted molar refractivity (Wildman–Crippen MR) is 84.0 cm³/mol. The smallest absolute Gasteiger partial charge is 0.119 e. The Bertz CT molecular complexity index is 379. The molecule has 19 heavy (non-hydrogen) atoms. The van der Waals surface area contributed by atoms with Crippen molar-refractivity contribution in [2.45, 2.75) is 50.5 Å². The van der Waals surface area contributed by atoms with E-state index in [9.17, 15) is 0 Å². The van der Waals surface area contributed by atoms with Gasteiger partial charge in [0.1, 0.15) is 5.75 Å². The number of hydrogen-bond acceptors (Lipinski definition) is 3. The van der Waals surface area contributed by atoms with Gasteiger partial charge in [-0.05, 0) is 50.6 Å². The van der Waals surface area contributed by atoms with Crippen molar-refractivity contribution in [3.05, 3.63) is 29.8 Å². The summed E-state index contributed by atoms with van der Waals surface area (Å²) in [6.07, 6.45) is 6.59. The molecule has 1 aromatic rings. The van der Waals surface area contributed by atoms with Crippen LogP contribution in [0.1, 0.15) is 38.7 Å². The normalized spacial score (nSPS) is 17.3. The van der Waals surface area contributed by atoms with Gasteiger partial charge in [0, 0.05) is 17.8 Å². The molecule has 2 nitrogen and oxygen atoms in total. The third-order valence-electron chi connectivity index (χ3n) is 3.77. The molecule has 3 heteroatoms. The molecule has 0 atom stereocenters. The van der Waals surface area contributed by atoms with Crippen molar-refractivity contribution in [3.8, 4) is 5.75 Å². The van der Waals surface area contributed by atoms with Gasteiger partial charge in [-0.3, -0.25) is 0 Å². The minimum atomic E-state index is 0.240. The topological polar surface area (TPSA) is 21.3 Å². The van der Waals surface area contributed by atoms with Crippen LogP contribution in [0, 0.1) is 0 Å². The summed E-state index contributed by atoms with van der Waals surface area (Å²) in [6, 6.07) is 8.42. The number of benzene rings is 1. The Morgan fingerprint density at radius 3 is 2.42 bits per heavy atom. The van der Waals surface area contributed by atoms with Crippen LogP contribution in [0.3, 0.4) is 0 Å². The Morgan fingerprint density at radius 1 is 1.26 bits per heavy atom. The lowest BCUT2D eigenvalue weighted by molar-refractivity contribution is 0.242. The lowest BCUT2D eigenvalue weighted by atomic mass is 9.84. The zero-order valence-corrected chi connectivity index (χ0v) is 13.1. The van der Waals surface area contributed by atoms with Crippen molar-refractivity contribution in [3.63, 3.8) is 0 Å². The van der Waals surface area contributed by atoms with Gasteiger partial charge in [0.15, 0.2) is 0 Å². The predicted octanol–water partition coefficient (Wildman–Crippen LogP) is 3.85. The molecule has 0 amide bonds. The van der Waals surface area contributed by atoms with E-state index in [1.54, 1.807) is 0 Å². The maximum absolute atomic E-state index is 5.65. The lowest BCUT2D eigenvalue weighted by Crippen LogP contribution is -2.43. The van der Waals surface area contributed by atoms with Crippen LogP contribution in [0.4, 0.5) is 0 Å². The van der Waals surface area contributed by atoms with Gasteiger partial charge < -0.3 is 10.1 Å². The third kappa shape index (κ3) is 4.15. The average molecular weight is 279 g/mol. The molecule has 1 N–H and O–H groups in total. The van der Waals surface area contributed by atoms with E-state index in [1.165, 1.54) is 24.8 Å². The Hall–Kier alpha value is -0.670. The van der Waals surface area contributed by atoms with Crippen molar-refractivity contribution in [2.75, 3.05) is 12.8 Å². The second-order valence-corrected chi connectivity index (χ2v) is 6.93. The fourth-order valence-electron chi connectivity index (χ4n) is 2.42. The standard InChI is InChI=1S/C16H25NOS/c1-13(2)18-15-7-5-14(6-8-15)11-17-12-16(19-3)9-4-10-16/h5-8,13,17H,4,9-12H2,1-3H3. The molecule has 1 fully saturated rings. The number of thioether (sulfide) groups is 1. The lowest BCUT2D eigenvalue weighted by Gasteiger charge is -2.40. The van der Waals surface area contributed by atoms with Crippen molar-refractivity contribution in [1.82, 2.24) is 5.32 Å². The number of rotatable bonds is 7. The second kappa shape index (κ2) is 6.67. The van der Waals surface area contributed by atoms with Crippen LogP contribution in [0.25, 0.3) is 0 Å². The van der Waals surface area contributed by atoms with Crippen LogP contribution in [0.2, 0.25) is 0 Å². The van der Waals surface area contributed by atoms with Gasteiger partial charge in [-0.25, -0.2) is 0 Å². The van der Waals surface area contributed by atoms with Gasteiger partial charge in [-0.2, -0.15) is 11.8 Å². The molecule has 0 aromatic heterocycles. The summed E-state index contributed by atoms with van der Waals surface area (Å²) in [5.74, 6) is 0.957. The van der Waals surface area contributed by atoms with E-state index < -0.39 is 0 Å². The summed E-state index contributed by atoms with van der Waals surface area (Å²) in [5.41, 5.74) is 1.33. The van der Waals surface area contributed by atoms with E-state index in [0.717, 1.165) is 18.8 Å². The fourth-order valence-corrected chi connectivity index (χ4v) is 3.36. The van der Waals surface area contributed by atoms with Crippen LogP contribution in [-0.4, -0.2) is 23.7 Å². The highest BCUT2D eigenvalue weighted by Crippen LogP contribution is 2.42. The van der Waals surface area contributed by atoms with Crippen LogP contribution >= 0.6 is 11.8 Å². The molecule has 2 rings (SSSR count). The van der Waals surface area contributed by atoms with Gasteiger partial charge in [-0.15, -0.1) is 0 Å². The molecule has 0 saturated heterocycles. The van der Waals surface area contributed by atoms with E-state index >= 15 is 0 Å². The van der Waals surface area contributed by atoms with Crippen molar-refractivity contribution < 1.29 is 4.74 Å². The average Bonchev–Trinajstić information content (AvgIpc) is 2.34. The first-order valence-corrected chi connectivity index (χ1v) is 8.37. The summed E-state index contributed by atoms with van der Waals surface area (Å²) in [7, 11) is 0. The van der Waals surface area contributed by atoms with E-state index in [-0.39, 0.29) is 6.10 Å². The molecule has 1 aromatic carbocycles. The molecule has 0 aliphatic heterocycles. The first kappa shape index (κ1) is 14.7. The molecule has 0 heterocycles. The molecule has 1 aliphatic rings. The fraction of sp³-hybridized carbons (Fsp3) is 0.625. The first-order chi connectivity index (χ1) is 9.13. The minimum absolute atomic E-state index is 0.240. The van der Waals surface area contributed by atoms with Gasteiger partial charge in [0.05, 0.1) is 6.10 Å². The maximum atomic E-state index is 5.65. The van der Waals surface area contributed by atoms with E-state index in [4.69, 9.17) is 4.74 Å². The number of nitrogens with one attached hydrogen (secondary N) is 1. The van der Waals surface area contributed by atoms with Crippen LogP contribution in [0.15, 0.2) is 24.3 Å². The zero-order chi connectivity index (χ0) is 13.7. The molecule has 0 unspecified atom stereocenters. The van der Waals surface area contributed by atoms with E-state index in [2.05, 4.69) is 49.7 Å². The summed E-state index contributed by atoms with van der Waals surface area (Å²) in [6.45, 7) is 6.18. The van der Waals surface area contributed by atoms with Crippen LogP contribution < -0.4 is 10.1 Å². The Morgan fingerprint density at radius 2 is 1.95 bits per heavy atom. The molecule has 1 aliphatic carbocycles. The van der Waals surface area contributed by atoms with Gasteiger partial charge >= 0.3 is 0 Å². The Kier molecular flexibility index (Phi) is 5.17. The van der Waals surface area contributed by atoms with Crippen molar-refractivity contribution >= 4 is 11.8 Å². The van der Waals surface area contributed by atoms with E-state index in [1.807, 2.05) is 11.8 Å². The SMILES string of the molecule is CSC1(CNCc2ccc(OC(C)C)cc2)CCC1. The molecule has 0 spiro atoms. The monoisotopic (exact) mass is 279 g/mol. The van der Waals surface area contributed by atoms with Crippen molar-refractivity contribution in [1.29, 1.82) is 0 Å². The number of ether oxygens (including phenoxy) is 1. The summed E-state index contributed by atoms with van der Waals surface area (Å²) in [5, 5.41) is 3.59. The zero-order valence-electron chi connectivity index (χ0n) is 12.2. The Labute approximate surface area is 121 Å². The molecular weight excluding hydrogens is 254 g/mol. The molecule has 106 valence electrons. The second-order valence-electron chi connectivity index (χ2n) is 5.65. The highest BCUT2D eigenvalue weighted by molar-refractivity contribution is 8.00. The molecule has 0 bridgehead atoms. The summed E-state index contributed by atoms with van der Waals surface area (Å²) in [4.78, 5) is 0. The maximum Gasteiger partial charge on any atom is 0.119 e. The largest absolute Gasteiger partial charge is 0.491 e. The first-order valence-electron chi connectivity index (χ1n) is 7.15. The van der Waals surface area contributed by atoms with Gasteiger partial charge in [-0.1, -0.05) is 18.6 Å². The van der Waals surface area contributed by atoms with Gasteiger partial charge in [0.2, 0.25) is 0 Å². The molecule has 0 radical (unpaired) electrons. The molecular formula is C16H25NOS. The van der Waals surface area contributed by atoms with E-state index in [0.29, 0.717) is 4.75 Å². The third-order valence-corrected chi connectivity index (χ3v) is 5.19. The highest BCUT2D eigenvalue weighted by atomic mass is 32.2. The highest BCUT2D eigenvalue weighted by Gasteiger charge is 2.35. The van der Waals surface area contributed by atoms with Crippen LogP contribution in [0.5, 0.6) is 5.75 Å².